The van der Waals surface area contributed by atoms with Crippen molar-refractivity contribution in [3.8, 4) is 0 Å². The maximum atomic E-state index is 11.5. The van der Waals surface area contributed by atoms with Gasteiger partial charge in [-0.3, -0.25) is 9.48 Å². The number of amides is 1. The van der Waals surface area contributed by atoms with E-state index in [2.05, 4.69) is 32.7 Å². The van der Waals surface area contributed by atoms with E-state index in [-0.39, 0.29) is 5.91 Å². The lowest BCUT2D eigenvalue weighted by atomic mass is 10.3. The molecule has 1 heterocycles. The molecule has 5 nitrogen and oxygen atoms in total. The van der Waals surface area contributed by atoms with Crippen molar-refractivity contribution >= 4 is 5.91 Å². The van der Waals surface area contributed by atoms with Gasteiger partial charge in [0.1, 0.15) is 0 Å². The average molecular weight is 290 g/mol. The average Bonchev–Trinajstić information content (AvgIpc) is 2.96. The quantitative estimate of drug-likeness (QED) is 0.721. The number of carbonyl (C=O) groups is 1. The summed E-state index contributed by atoms with van der Waals surface area (Å²) in [7, 11) is 0. The molecular weight excluding hydrogens is 264 g/mol. The first-order valence-corrected chi connectivity index (χ1v) is 8.35. The Labute approximate surface area is 126 Å². The third-order valence-corrected chi connectivity index (χ3v) is 4.37. The summed E-state index contributed by atoms with van der Waals surface area (Å²) in [4.78, 5) is 11.5. The van der Waals surface area contributed by atoms with Crippen molar-refractivity contribution in [1.29, 1.82) is 0 Å². The number of carbonyl (C=O) groups excluding carboxylic acids is 1. The second kappa shape index (κ2) is 7.07. The Bertz CT molecular complexity index is 461. The van der Waals surface area contributed by atoms with Gasteiger partial charge in [0, 0.05) is 25.2 Å². The fourth-order valence-corrected chi connectivity index (χ4v) is 2.96. The summed E-state index contributed by atoms with van der Waals surface area (Å²) >= 11 is 0. The zero-order valence-corrected chi connectivity index (χ0v) is 12.7. The van der Waals surface area contributed by atoms with Crippen molar-refractivity contribution in [3.63, 3.8) is 0 Å². The van der Waals surface area contributed by atoms with Gasteiger partial charge in [-0.05, 0) is 44.7 Å². The maximum absolute atomic E-state index is 11.5. The van der Waals surface area contributed by atoms with E-state index in [1.54, 1.807) is 0 Å². The summed E-state index contributed by atoms with van der Waals surface area (Å²) in [6, 6.07) is 3.19. The molecule has 2 aliphatic rings. The van der Waals surface area contributed by atoms with E-state index in [9.17, 15) is 4.79 Å². The van der Waals surface area contributed by atoms with Crippen LogP contribution in [-0.4, -0.2) is 28.3 Å². The molecule has 0 saturated heterocycles. The van der Waals surface area contributed by atoms with Gasteiger partial charge in [-0.25, -0.2) is 0 Å². The lowest BCUT2D eigenvalue weighted by Crippen LogP contribution is -2.26. The van der Waals surface area contributed by atoms with Gasteiger partial charge in [-0.1, -0.05) is 12.8 Å². The first-order valence-electron chi connectivity index (χ1n) is 8.35. The molecule has 2 aliphatic carbocycles. The van der Waals surface area contributed by atoms with Crippen LogP contribution in [0.4, 0.5) is 0 Å². The van der Waals surface area contributed by atoms with E-state index >= 15 is 0 Å². The highest BCUT2D eigenvalue weighted by atomic mass is 16.1. The molecule has 1 amide bonds. The number of aromatic nitrogens is 2. The topological polar surface area (TPSA) is 59.0 Å². The van der Waals surface area contributed by atoms with E-state index < -0.39 is 0 Å². The molecule has 1 aromatic heterocycles. The molecule has 0 radical (unpaired) electrons. The Hall–Kier alpha value is -1.36. The van der Waals surface area contributed by atoms with Crippen LogP contribution in [0.25, 0.3) is 0 Å². The van der Waals surface area contributed by atoms with Crippen LogP contribution in [-0.2, 0) is 11.3 Å². The van der Waals surface area contributed by atoms with Gasteiger partial charge in [0.05, 0.1) is 11.7 Å². The minimum Gasteiger partial charge on any atom is -0.353 e. The van der Waals surface area contributed by atoms with Crippen LogP contribution >= 0.6 is 0 Å². The highest BCUT2D eigenvalue weighted by molar-refractivity contribution is 5.76. The Morgan fingerprint density at radius 3 is 2.86 bits per heavy atom. The van der Waals surface area contributed by atoms with Crippen molar-refractivity contribution in [1.82, 2.24) is 20.4 Å². The zero-order valence-electron chi connectivity index (χ0n) is 12.7. The van der Waals surface area contributed by atoms with Crippen LogP contribution in [0.2, 0.25) is 0 Å². The Balaban J connectivity index is 1.29. The van der Waals surface area contributed by atoms with Gasteiger partial charge in [0.15, 0.2) is 0 Å². The molecule has 0 unspecified atom stereocenters. The van der Waals surface area contributed by atoms with Crippen molar-refractivity contribution in [3.05, 3.63) is 18.0 Å². The van der Waals surface area contributed by atoms with Crippen LogP contribution in [0.3, 0.4) is 0 Å². The van der Waals surface area contributed by atoms with Crippen molar-refractivity contribution < 1.29 is 4.79 Å². The Kier molecular flexibility index (Phi) is 4.91. The molecule has 3 rings (SSSR count). The maximum Gasteiger partial charge on any atom is 0.220 e. The third kappa shape index (κ3) is 4.56. The third-order valence-electron chi connectivity index (χ3n) is 4.37. The minimum absolute atomic E-state index is 0.199. The van der Waals surface area contributed by atoms with E-state index in [0.717, 1.165) is 38.0 Å². The van der Waals surface area contributed by atoms with Gasteiger partial charge in [0.2, 0.25) is 5.91 Å². The highest BCUT2D eigenvalue weighted by Gasteiger charge is 2.22. The summed E-state index contributed by atoms with van der Waals surface area (Å²) in [6.45, 7) is 1.67. The molecule has 5 heteroatoms. The van der Waals surface area contributed by atoms with Crippen LogP contribution in [0, 0.1) is 0 Å². The van der Waals surface area contributed by atoms with Crippen molar-refractivity contribution in [2.24, 2.45) is 0 Å². The molecule has 0 spiro atoms. The molecule has 2 N–H and O–H groups in total. The normalized spacial score (nSPS) is 19.0. The SMILES string of the molecule is O=C(CCCNCc1ccn(C2CCCC2)n1)NC1CC1. The molecule has 2 fully saturated rings. The molecule has 2 saturated carbocycles. The molecule has 1 aromatic rings. The van der Waals surface area contributed by atoms with E-state index in [1.165, 1.54) is 25.7 Å². The molecule has 0 aromatic carbocycles. The number of nitrogens with zero attached hydrogens (tertiary/aromatic N) is 2. The lowest BCUT2D eigenvalue weighted by molar-refractivity contribution is -0.121. The van der Waals surface area contributed by atoms with Crippen LogP contribution < -0.4 is 10.6 Å². The first-order chi connectivity index (χ1) is 10.3. The highest BCUT2D eigenvalue weighted by Crippen LogP contribution is 2.28. The Morgan fingerprint density at radius 1 is 1.29 bits per heavy atom. The zero-order chi connectivity index (χ0) is 14.5. The fourth-order valence-electron chi connectivity index (χ4n) is 2.96. The largest absolute Gasteiger partial charge is 0.353 e. The van der Waals surface area contributed by atoms with Crippen molar-refractivity contribution in [2.75, 3.05) is 6.54 Å². The standard InChI is InChI=1S/C16H26N4O/c21-16(18-13-7-8-13)6-3-10-17-12-14-9-11-20(19-14)15-4-1-2-5-15/h9,11,13,15,17H,1-8,10,12H2,(H,18,21). The molecule has 0 atom stereocenters. The van der Waals surface area contributed by atoms with Crippen LogP contribution in [0.15, 0.2) is 12.3 Å². The fraction of sp³-hybridized carbons (Fsp3) is 0.750. The van der Waals surface area contributed by atoms with Gasteiger partial charge < -0.3 is 10.6 Å². The predicted molar refractivity (Wildman–Crippen MR) is 81.8 cm³/mol. The molecule has 0 aliphatic heterocycles. The number of rotatable bonds is 8. The number of hydrogen-bond acceptors (Lipinski definition) is 3. The lowest BCUT2D eigenvalue weighted by Gasteiger charge is -2.09. The van der Waals surface area contributed by atoms with Crippen molar-refractivity contribution in [2.45, 2.75) is 70.0 Å². The summed E-state index contributed by atoms with van der Waals surface area (Å²) in [6.07, 6.45) is 11.1. The van der Waals surface area contributed by atoms with Crippen LogP contribution in [0.1, 0.15) is 63.1 Å². The smallest absolute Gasteiger partial charge is 0.220 e. The summed E-state index contributed by atoms with van der Waals surface area (Å²) in [5.74, 6) is 0.199. The Morgan fingerprint density at radius 2 is 2.10 bits per heavy atom. The summed E-state index contributed by atoms with van der Waals surface area (Å²) < 4.78 is 2.13. The van der Waals surface area contributed by atoms with E-state index in [1.807, 2.05) is 0 Å². The second-order valence-electron chi connectivity index (χ2n) is 6.35. The molecular formula is C16H26N4O. The van der Waals surface area contributed by atoms with E-state index in [4.69, 9.17) is 0 Å². The minimum atomic E-state index is 0.199. The van der Waals surface area contributed by atoms with E-state index in [0.29, 0.717) is 18.5 Å². The number of hydrogen-bond donors (Lipinski definition) is 2. The van der Waals surface area contributed by atoms with Gasteiger partial charge in [-0.15, -0.1) is 0 Å². The molecule has 116 valence electrons. The predicted octanol–water partition coefficient (Wildman–Crippen LogP) is 2.15. The summed E-state index contributed by atoms with van der Waals surface area (Å²) in [5.41, 5.74) is 1.10. The number of nitrogens with one attached hydrogen (secondary N) is 2. The second-order valence-corrected chi connectivity index (χ2v) is 6.35. The summed E-state index contributed by atoms with van der Waals surface area (Å²) in [5, 5.41) is 11.0. The molecule has 0 bridgehead atoms. The van der Waals surface area contributed by atoms with Gasteiger partial charge >= 0.3 is 0 Å². The van der Waals surface area contributed by atoms with Gasteiger partial charge in [-0.2, -0.15) is 5.10 Å². The molecule has 21 heavy (non-hydrogen) atoms. The monoisotopic (exact) mass is 290 g/mol. The first kappa shape index (κ1) is 14.6. The van der Waals surface area contributed by atoms with Gasteiger partial charge in [0.25, 0.3) is 0 Å². The van der Waals surface area contributed by atoms with Crippen LogP contribution in [0.5, 0.6) is 0 Å².